The van der Waals surface area contributed by atoms with Gasteiger partial charge in [-0.3, -0.25) is 0 Å². The predicted octanol–water partition coefficient (Wildman–Crippen LogP) is 3.93. The molecule has 2 rings (SSSR count). The Balaban J connectivity index is 2.32. The van der Waals surface area contributed by atoms with E-state index in [9.17, 15) is 0 Å². The molecule has 0 saturated carbocycles. The molecule has 0 fully saturated rings. The summed E-state index contributed by atoms with van der Waals surface area (Å²) in [4.78, 5) is 1.22. The molecule has 1 atom stereocenters. The van der Waals surface area contributed by atoms with E-state index in [0.29, 0.717) is 0 Å². The second-order valence-electron chi connectivity index (χ2n) is 3.14. The summed E-state index contributed by atoms with van der Waals surface area (Å²) in [6.45, 7) is 2.09. The van der Waals surface area contributed by atoms with Gasteiger partial charge in [-0.15, -0.1) is 11.3 Å². The number of rotatable bonds is 2. The number of thiophene rings is 2. The van der Waals surface area contributed by atoms with E-state index >= 15 is 0 Å². The van der Waals surface area contributed by atoms with Crippen molar-refractivity contribution in [2.75, 3.05) is 0 Å². The molecule has 14 heavy (non-hydrogen) atoms. The smallest absolute Gasteiger partial charge is 0.0731 e. The van der Waals surface area contributed by atoms with Gasteiger partial charge in [0.15, 0.2) is 0 Å². The van der Waals surface area contributed by atoms with Gasteiger partial charge < -0.3 is 5.73 Å². The molecule has 0 aromatic carbocycles. The highest BCUT2D eigenvalue weighted by Crippen LogP contribution is 2.33. The van der Waals surface area contributed by atoms with Crippen LogP contribution in [0.1, 0.15) is 22.0 Å². The van der Waals surface area contributed by atoms with Gasteiger partial charge in [0.05, 0.1) is 9.83 Å². The summed E-state index contributed by atoms with van der Waals surface area (Å²) in [5, 5.41) is 4.17. The fourth-order valence-corrected chi connectivity index (χ4v) is 3.55. The number of aryl methyl sites for hydroxylation is 1. The minimum atomic E-state index is 0.0243. The van der Waals surface area contributed by atoms with Gasteiger partial charge in [0, 0.05) is 4.88 Å². The fourth-order valence-electron chi connectivity index (χ4n) is 1.25. The minimum Gasteiger partial charge on any atom is -0.320 e. The van der Waals surface area contributed by atoms with Crippen LogP contribution >= 0.6 is 38.6 Å². The molecule has 0 bridgehead atoms. The Morgan fingerprint density at radius 2 is 2.29 bits per heavy atom. The van der Waals surface area contributed by atoms with Crippen molar-refractivity contribution in [3.8, 4) is 0 Å². The maximum atomic E-state index is 6.14. The van der Waals surface area contributed by atoms with Crippen LogP contribution in [-0.2, 0) is 0 Å². The zero-order chi connectivity index (χ0) is 10.1. The summed E-state index contributed by atoms with van der Waals surface area (Å²) in [5.74, 6) is 0. The Morgan fingerprint density at radius 1 is 1.50 bits per heavy atom. The van der Waals surface area contributed by atoms with E-state index in [1.165, 1.54) is 19.8 Å². The first-order valence-electron chi connectivity index (χ1n) is 4.22. The zero-order valence-electron chi connectivity index (χ0n) is 7.66. The van der Waals surface area contributed by atoms with Crippen LogP contribution < -0.4 is 5.73 Å². The zero-order valence-corrected chi connectivity index (χ0v) is 10.9. The molecule has 0 amide bonds. The van der Waals surface area contributed by atoms with Crippen molar-refractivity contribution in [2.45, 2.75) is 13.0 Å². The van der Waals surface area contributed by atoms with Gasteiger partial charge in [0.25, 0.3) is 0 Å². The average Bonchev–Trinajstić information content (AvgIpc) is 2.76. The lowest BCUT2D eigenvalue weighted by Crippen LogP contribution is -2.08. The summed E-state index contributed by atoms with van der Waals surface area (Å²) in [7, 11) is 0. The first-order valence-corrected chi connectivity index (χ1v) is 6.77. The summed E-state index contributed by atoms with van der Waals surface area (Å²) in [6, 6.07) is 4.26. The van der Waals surface area contributed by atoms with Crippen molar-refractivity contribution < 1.29 is 0 Å². The molecule has 0 spiro atoms. The average molecular weight is 288 g/mol. The molecule has 0 saturated heterocycles. The van der Waals surface area contributed by atoms with Crippen LogP contribution in [0.3, 0.4) is 0 Å². The molecule has 1 nitrogen and oxygen atoms in total. The standard InChI is InChI=1S/C10H10BrNS2/c1-6-4-8(14-10(6)11)9(12)7-2-3-13-5-7/h2-5,9H,12H2,1H3/t9-/m0/s1. The molecule has 0 radical (unpaired) electrons. The molecular weight excluding hydrogens is 278 g/mol. The van der Waals surface area contributed by atoms with E-state index < -0.39 is 0 Å². The maximum Gasteiger partial charge on any atom is 0.0731 e. The first kappa shape index (κ1) is 10.4. The molecule has 74 valence electrons. The first-order chi connectivity index (χ1) is 6.68. The third-order valence-electron chi connectivity index (χ3n) is 2.09. The molecule has 2 heterocycles. The Kier molecular flexibility index (Phi) is 3.07. The topological polar surface area (TPSA) is 26.0 Å². The predicted molar refractivity (Wildman–Crippen MR) is 67.1 cm³/mol. The van der Waals surface area contributed by atoms with Gasteiger partial charge >= 0.3 is 0 Å². The Hall–Kier alpha value is -0.160. The van der Waals surface area contributed by atoms with E-state index in [-0.39, 0.29) is 6.04 Å². The van der Waals surface area contributed by atoms with Crippen LogP contribution in [0.25, 0.3) is 0 Å². The summed E-state index contributed by atoms with van der Waals surface area (Å²) >= 11 is 6.92. The van der Waals surface area contributed by atoms with Gasteiger partial charge in [-0.05, 0) is 56.9 Å². The lowest BCUT2D eigenvalue weighted by atomic mass is 10.1. The highest BCUT2D eigenvalue weighted by Gasteiger charge is 2.13. The molecule has 0 aliphatic carbocycles. The van der Waals surface area contributed by atoms with E-state index in [1.807, 2.05) is 0 Å². The van der Waals surface area contributed by atoms with Crippen LogP contribution in [0.2, 0.25) is 0 Å². The number of nitrogens with two attached hydrogens (primary N) is 1. The van der Waals surface area contributed by atoms with Crippen molar-refractivity contribution in [3.63, 3.8) is 0 Å². The lowest BCUT2D eigenvalue weighted by molar-refractivity contribution is 0.898. The van der Waals surface area contributed by atoms with Crippen molar-refractivity contribution in [2.24, 2.45) is 5.73 Å². The molecule has 2 N–H and O–H groups in total. The Bertz CT molecular complexity index is 400. The third-order valence-corrected chi connectivity index (χ3v) is 5.01. The van der Waals surface area contributed by atoms with Gasteiger partial charge in [0.2, 0.25) is 0 Å². The molecule has 2 aromatic rings. The number of halogens is 1. The fraction of sp³-hybridized carbons (Fsp3) is 0.200. The van der Waals surface area contributed by atoms with Gasteiger partial charge in [-0.1, -0.05) is 0 Å². The van der Waals surface area contributed by atoms with Crippen LogP contribution in [0, 0.1) is 6.92 Å². The molecule has 2 aromatic heterocycles. The monoisotopic (exact) mass is 287 g/mol. The van der Waals surface area contributed by atoms with Crippen molar-refractivity contribution in [3.05, 3.63) is 42.7 Å². The second-order valence-corrected chi connectivity index (χ2v) is 6.32. The normalized spacial score (nSPS) is 13.1. The molecule has 0 aliphatic rings. The van der Waals surface area contributed by atoms with Crippen molar-refractivity contribution >= 4 is 38.6 Å². The van der Waals surface area contributed by atoms with Crippen LogP contribution in [0.15, 0.2) is 26.7 Å². The summed E-state index contributed by atoms with van der Waals surface area (Å²) < 4.78 is 1.18. The number of hydrogen-bond acceptors (Lipinski definition) is 3. The second kappa shape index (κ2) is 4.14. The van der Waals surface area contributed by atoms with E-state index in [2.05, 4.69) is 45.7 Å². The van der Waals surface area contributed by atoms with Gasteiger partial charge in [-0.2, -0.15) is 11.3 Å². The van der Waals surface area contributed by atoms with Gasteiger partial charge in [-0.25, -0.2) is 0 Å². The Labute approximate surface area is 99.7 Å². The van der Waals surface area contributed by atoms with Crippen molar-refractivity contribution in [1.29, 1.82) is 0 Å². The van der Waals surface area contributed by atoms with E-state index in [1.54, 1.807) is 22.7 Å². The highest BCUT2D eigenvalue weighted by atomic mass is 79.9. The largest absolute Gasteiger partial charge is 0.320 e. The van der Waals surface area contributed by atoms with E-state index in [0.717, 1.165) is 0 Å². The number of hydrogen-bond donors (Lipinski definition) is 1. The molecular formula is C10H10BrNS2. The lowest BCUT2D eigenvalue weighted by Gasteiger charge is -2.05. The van der Waals surface area contributed by atoms with Crippen LogP contribution in [-0.4, -0.2) is 0 Å². The Morgan fingerprint density at radius 3 is 2.79 bits per heavy atom. The molecule has 0 unspecified atom stereocenters. The maximum absolute atomic E-state index is 6.14. The van der Waals surface area contributed by atoms with E-state index in [4.69, 9.17) is 5.73 Å². The van der Waals surface area contributed by atoms with Crippen molar-refractivity contribution in [1.82, 2.24) is 0 Å². The molecule has 0 aliphatic heterocycles. The quantitative estimate of drug-likeness (QED) is 0.890. The van der Waals surface area contributed by atoms with Crippen LogP contribution in [0.5, 0.6) is 0 Å². The third kappa shape index (κ3) is 1.93. The SMILES string of the molecule is Cc1cc([C@@H](N)c2ccsc2)sc1Br. The minimum absolute atomic E-state index is 0.0243. The van der Waals surface area contributed by atoms with Gasteiger partial charge in [0.1, 0.15) is 0 Å². The summed E-state index contributed by atoms with van der Waals surface area (Å²) in [6.07, 6.45) is 0. The summed E-state index contributed by atoms with van der Waals surface area (Å²) in [5.41, 5.74) is 8.60. The van der Waals surface area contributed by atoms with Crippen LogP contribution in [0.4, 0.5) is 0 Å². The highest BCUT2D eigenvalue weighted by molar-refractivity contribution is 9.11. The molecule has 4 heteroatoms.